The van der Waals surface area contributed by atoms with Crippen molar-refractivity contribution in [1.82, 2.24) is 9.88 Å². The van der Waals surface area contributed by atoms with Gasteiger partial charge in [0.15, 0.2) is 10.9 Å². The minimum absolute atomic E-state index is 0. The zero-order valence-corrected chi connectivity index (χ0v) is 19.2. The van der Waals surface area contributed by atoms with Crippen LogP contribution in [0.4, 0.5) is 13.9 Å². The minimum Gasteiger partial charge on any atom is -0.309 e. The van der Waals surface area contributed by atoms with Crippen molar-refractivity contribution in [3.05, 3.63) is 58.7 Å². The van der Waals surface area contributed by atoms with Gasteiger partial charge in [0.1, 0.15) is 11.3 Å². The van der Waals surface area contributed by atoms with E-state index in [-0.39, 0.29) is 30.3 Å². The van der Waals surface area contributed by atoms with Crippen molar-refractivity contribution < 1.29 is 13.6 Å². The summed E-state index contributed by atoms with van der Waals surface area (Å²) in [6, 6.07) is 8.11. The molecule has 0 unspecified atom stereocenters. The normalized spacial score (nSPS) is 11.0. The van der Waals surface area contributed by atoms with Gasteiger partial charge in [-0.25, -0.2) is 13.8 Å². The average molecular weight is 454 g/mol. The van der Waals surface area contributed by atoms with Crippen LogP contribution in [0.15, 0.2) is 30.3 Å². The van der Waals surface area contributed by atoms with Crippen molar-refractivity contribution in [2.24, 2.45) is 0 Å². The first kappa shape index (κ1) is 24.2. The molecule has 4 nitrogen and oxygen atoms in total. The lowest BCUT2D eigenvalue weighted by molar-refractivity contribution is -0.118. The lowest BCUT2D eigenvalue weighted by atomic mass is 10.0. The molecule has 0 spiro atoms. The fourth-order valence-corrected chi connectivity index (χ4v) is 4.23. The fraction of sp³-hybridized carbons (Fsp3) is 0.364. The van der Waals surface area contributed by atoms with Gasteiger partial charge in [-0.2, -0.15) is 0 Å². The molecular weight excluding hydrogens is 428 g/mol. The van der Waals surface area contributed by atoms with Crippen LogP contribution < -0.4 is 4.90 Å². The van der Waals surface area contributed by atoms with Gasteiger partial charge in [0.25, 0.3) is 0 Å². The van der Waals surface area contributed by atoms with Gasteiger partial charge in [-0.05, 0) is 58.1 Å². The van der Waals surface area contributed by atoms with Crippen molar-refractivity contribution in [2.75, 3.05) is 32.1 Å². The van der Waals surface area contributed by atoms with Crippen LogP contribution in [0.5, 0.6) is 0 Å². The van der Waals surface area contributed by atoms with E-state index in [9.17, 15) is 13.6 Å². The number of thiazole rings is 1. The molecule has 1 amide bonds. The fourth-order valence-electron chi connectivity index (χ4n) is 3.18. The van der Waals surface area contributed by atoms with Crippen molar-refractivity contribution in [3.63, 3.8) is 0 Å². The maximum atomic E-state index is 14.1. The Morgan fingerprint density at radius 3 is 2.53 bits per heavy atom. The number of carbonyl (C=O) groups is 1. The van der Waals surface area contributed by atoms with E-state index < -0.39 is 11.6 Å². The predicted octanol–water partition coefficient (Wildman–Crippen LogP) is 5.14. The van der Waals surface area contributed by atoms with Crippen molar-refractivity contribution in [2.45, 2.75) is 26.7 Å². The minimum atomic E-state index is -0.710. The van der Waals surface area contributed by atoms with Gasteiger partial charge in [-0.3, -0.25) is 9.69 Å². The largest absolute Gasteiger partial charge is 0.309 e. The number of hydrogen-bond acceptors (Lipinski definition) is 4. The third-order valence-corrected chi connectivity index (χ3v) is 5.79. The molecule has 0 fully saturated rings. The number of amides is 1. The molecule has 0 aliphatic rings. The van der Waals surface area contributed by atoms with Crippen LogP contribution in [0, 0.1) is 25.5 Å². The van der Waals surface area contributed by atoms with Gasteiger partial charge < -0.3 is 4.90 Å². The molecule has 0 atom stereocenters. The highest BCUT2D eigenvalue weighted by molar-refractivity contribution is 7.22. The Kier molecular flexibility index (Phi) is 8.29. The summed E-state index contributed by atoms with van der Waals surface area (Å²) in [5, 5.41) is 0.401. The number of carbonyl (C=O) groups excluding carboxylic acids is 1. The first-order chi connectivity index (χ1) is 13.7. The van der Waals surface area contributed by atoms with Crippen molar-refractivity contribution >= 4 is 45.0 Å². The number of halogens is 3. The van der Waals surface area contributed by atoms with E-state index in [1.165, 1.54) is 6.07 Å². The van der Waals surface area contributed by atoms with E-state index in [1.54, 1.807) is 4.90 Å². The summed E-state index contributed by atoms with van der Waals surface area (Å²) in [7, 11) is 3.94. The molecule has 1 aromatic heterocycles. The van der Waals surface area contributed by atoms with E-state index in [0.717, 1.165) is 47.1 Å². The molecular formula is C22H26ClF2N3OS. The number of nitrogens with zero attached hydrogens (tertiary/aromatic N) is 3. The molecule has 8 heteroatoms. The Labute approximate surface area is 185 Å². The second-order valence-corrected chi connectivity index (χ2v) is 8.55. The molecule has 0 aliphatic carbocycles. The number of aromatic nitrogens is 1. The molecule has 3 rings (SSSR count). The van der Waals surface area contributed by atoms with Gasteiger partial charge in [-0.15, -0.1) is 12.4 Å². The molecule has 30 heavy (non-hydrogen) atoms. The molecule has 0 saturated heterocycles. The third-order valence-electron chi connectivity index (χ3n) is 4.77. The third kappa shape index (κ3) is 5.74. The summed E-state index contributed by atoms with van der Waals surface area (Å²) in [5.74, 6) is -1.46. The number of rotatable bonds is 7. The Morgan fingerprint density at radius 1 is 1.10 bits per heavy atom. The van der Waals surface area contributed by atoms with Crippen LogP contribution in [-0.4, -0.2) is 43.0 Å². The first-order valence-corrected chi connectivity index (χ1v) is 10.3. The monoisotopic (exact) mass is 453 g/mol. The standard InChI is InChI=1S/C22H25F2N3OS.ClH/c1-14-6-7-15(2)16(10-14)11-20(28)27(9-5-8-26(3)4)22-25-21-18(24)12-17(23)13-19(21)29-22;/h6-7,10,12-13H,5,8-9,11H2,1-4H3;1H. The maximum absolute atomic E-state index is 14.1. The summed E-state index contributed by atoms with van der Waals surface area (Å²) in [6.45, 7) is 5.24. The van der Waals surface area contributed by atoms with Crippen LogP contribution in [-0.2, 0) is 11.2 Å². The van der Waals surface area contributed by atoms with E-state index in [2.05, 4.69) is 4.98 Å². The quantitative estimate of drug-likeness (QED) is 0.497. The van der Waals surface area contributed by atoms with Crippen LogP contribution >= 0.6 is 23.7 Å². The molecule has 0 saturated carbocycles. The molecule has 162 valence electrons. The van der Waals surface area contributed by atoms with Gasteiger partial charge >= 0.3 is 0 Å². The van der Waals surface area contributed by atoms with E-state index in [4.69, 9.17) is 0 Å². The van der Waals surface area contributed by atoms with Crippen LogP contribution in [0.25, 0.3) is 10.2 Å². The Bertz CT molecular complexity index is 1040. The van der Waals surface area contributed by atoms with Gasteiger partial charge in [-0.1, -0.05) is 35.1 Å². The molecule has 0 N–H and O–H groups in total. The lowest BCUT2D eigenvalue weighted by Gasteiger charge is -2.21. The Balaban J connectivity index is 0.00000320. The predicted molar refractivity (Wildman–Crippen MR) is 122 cm³/mol. The van der Waals surface area contributed by atoms with Crippen molar-refractivity contribution in [1.29, 1.82) is 0 Å². The number of aryl methyl sites for hydroxylation is 2. The van der Waals surface area contributed by atoms with Crippen LogP contribution in [0.3, 0.4) is 0 Å². The topological polar surface area (TPSA) is 36.4 Å². The summed E-state index contributed by atoms with van der Waals surface area (Å²) in [6.07, 6.45) is 0.987. The Hall–Kier alpha value is -2.09. The molecule has 0 bridgehead atoms. The first-order valence-electron chi connectivity index (χ1n) is 9.51. The molecule has 3 aromatic rings. The second-order valence-electron chi connectivity index (χ2n) is 7.54. The van der Waals surface area contributed by atoms with Gasteiger partial charge in [0.05, 0.1) is 11.1 Å². The number of fused-ring (bicyclic) bond motifs is 1. The lowest BCUT2D eigenvalue weighted by Crippen LogP contribution is -2.34. The maximum Gasteiger partial charge on any atom is 0.233 e. The summed E-state index contributed by atoms with van der Waals surface area (Å²) in [5.41, 5.74) is 3.21. The molecule has 0 radical (unpaired) electrons. The highest BCUT2D eigenvalue weighted by Gasteiger charge is 2.22. The van der Waals surface area contributed by atoms with E-state index in [1.807, 2.05) is 51.0 Å². The SMILES string of the molecule is Cc1ccc(C)c(CC(=O)N(CCCN(C)C)c2nc3c(F)cc(F)cc3s2)c1.Cl. The van der Waals surface area contributed by atoms with E-state index >= 15 is 0 Å². The Morgan fingerprint density at radius 2 is 1.83 bits per heavy atom. The van der Waals surface area contributed by atoms with Gasteiger partial charge in [0, 0.05) is 12.6 Å². The zero-order chi connectivity index (χ0) is 21.1. The second kappa shape index (κ2) is 10.3. The summed E-state index contributed by atoms with van der Waals surface area (Å²) >= 11 is 1.14. The summed E-state index contributed by atoms with van der Waals surface area (Å²) < 4.78 is 28.1. The van der Waals surface area contributed by atoms with Crippen molar-refractivity contribution in [3.8, 4) is 0 Å². The average Bonchev–Trinajstić information content (AvgIpc) is 3.05. The van der Waals surface area contributed by atoms with Crippen LogP contribution in [0.2, 0.25) is 0 Å². The molecule has 2 aromatic carbocycles. The number of hydrogen-bond donors (Lipinski definition) is 0. The summed E-state index contributed by atoms with van der Waals surface area (Å²) in [4.78, 5) is 21.2. The molecule has 0 aliphatic heterocycles. The molecule has 1 heterocycles. The van der Waals surface area contributed by atoms with Gasteiger partial charge in [0.2, 0.25) is 5.91 Å². The number of anilines is 1. The number of benzene rings is 2. The smallest absolute Gasteiger partial charge is 0.233 e. The van der Waals surface area contributed by atoms with E-state index in [0.29, 0.717) is 16.4 Å². The highest BCUT2D eigenvalue weighted by atomic mass is 35.5. The highest BCUT2D eigenvalue weighted by Crippen LogP contribution is 2.31. The van der Waals surface area contributed by atoms with Crippen LogP contribution in [0.1, 0.15) is 23.1 Å². The zero-order valence-electron chi connectivity index (χ0n) is 17.5.